The Bertz CT molecular complexity index is 686. The first-order valence-corrected chi connectivity index (χ1v) is 10.9. The summed E-state index contributed by atoms with van der Waals surface area (Å²) in [4.78, 5) is 27.3. The normalized spacial score (nSPS) is 29.6. The van der Waals surface area contributed by atoms with Crippen molar-refractivity contribution in [2.24, 2.45) is 17.8 Å². The lowest BCUT2D eigenvalue weighted by Crippen LogP contribution is -2.49. The average molecular weight is 385 g/mol. The molecule has 0 radical (unpaired) electrons. The van der Waals surface area contributed by atoms with E-state index in [-0.39, 0.29) is 23.8 Å². The molecule has 28 heavy (non-hydrogen) atoms. The Morgan fingerprint density at radius 1 is 1.07 bits per heavy atom. The van der Waals surface area contributed by atoms with Crippen LogP contribution in [-0.4, -0.2) is 37.6 Å². The fourth-order valence-corrected chi connectivity index (χ4v) is 5.80. The Hall–Kier alpha value is -1.88. The number of fused-ring (bicyclic) bond motifs is 2. The SMILES string of the molecule is COC(=O)C1CC2CC(NCC(=O)N(c3ccccc3)C3CCCCC3)C1C2. The van der Waals surface area contributed by atoms with Gasteiger partial charge in [-0.15, -0.1) is 0 Å². The highest BCUT2D eigenvalue weighted by Gasteiger charge is 2.49. The van der Waals surface area contributed by atoms with Gasteiger partial charge in [-0.25, -0.2) is 0 Å². The second kappa shape index (κ2) is 8.64. The molecular formula is C23H32N2O3. The van der Waals surface area contributed by atoms with Crippen molar-refractivity contribution in [1.29, 1.82) is 0 Å². The van der Waals surface area contributed by atoms with Gasteiger partial charge in [0.05, 0.1) is 19.6 Å². The van der Waals surface area contributed by atoms with Crippen LogP contribution in [0.1, 0.15) is 51.4 Å². The number of carbonyl (C=O) groups excluding carboxylic acids is 2. The fraction of sp³-hybridized carbons (Fsp3) is 0.652. The maximum atomic E-state index is 13.2. The third-order valence-corrected chi connectivity index (χ3v) is 7.08. The Morgan fingerprint density at radius 3 is 2.50 bits per heavy atom. The van der Waals surface area contributed by atoms with Crippen molar-refractivity contribution in [3.05, 3.63) is 30.3 Å². The summed E-state index contributed by atoms with van der Waals surface area (Å²) in [5, 5.41) is 3.51. The van der Waals surface area contributed by atoms with Crippen LogP contribution in [0.5, 0.6) is 0 Å². The van der Waals surface area contributed by atoms with Gasteiger partial charge in [0.1, 0.15) is 0 Å². The highest BCUT2D eigenvalue weighted by Crippen LogP contribution is 2.48. The lowest BCUT2D eigenvalue weighted by Gasteiger charge is -2.35. The molecule has 3 saturated carbocycles. The van der Waals surface area contributed by atoms with Crippen LogP contribution in [0.25, 0.3) is 0 Å². The number of hydrogen-bond donors (Lipinski definition) is 1. The molecule has 0 saturated heterocycles. The number of para-hydroxylation sites is 1. The van der Waals surface area contributed by atoms with Crippen molar-refractivity contribution in [2.45, 2.75) is 63.5 Å². The van der Waals surface area contributed by atoms with E-state index in [9.17, 15) is 9.59 Å². The predicted molar refractivity (Wildman–Crippen MR) is 109 cm³/mol. The molecule has 5 nitrogen and oxygen atoms in total. The molecule has 3 aliphatic rings. The smallest absolute Gasteiger partial charge is 0.309 e. The van der Waals surface area contributed by atoms with Crippen molar-refractivity contribution in [1.82, 2.24) is 5.32 Å². The van der Waals surface area contributed by atoms with Crippen molar-refractivity contribution in [3.8, 4) is 0 Å². The van der Waals surface area contributed by atoms with Crippen molar-refractivity contribution in [2.75, 3.05) is 18.6 Å². The zero-order chi connectivity index (χ0) is 19.5. The Labute approximate surface area is 167 Å². The van der Waals surface area contributed by atoms with E-state index in [0.717, 1.165) is 37.8 Å². The minimum Gasteiger partial charge on any atom is -0.469 e. The summed E-state index contributed by atoms with van der Waals surface area (Å²) in [7, 11) is 1.47. The zero-order valence-corrected chi connectivity index (χ0v) is 16.8. The van der Waals surface area contributed by atoms with Crippen LogP contribution in [0.4, 0.5) is 5.69 Å². The van der Waals surface area contributed by atoms with Gasteiger partial charge in [-0.3, -0.25) is 9.59 Å². The number of ether oxygens (including phenoxy) is 1. The topological polar surface area (TPSA) is 58.6 Å². The van der Waals surface area contributed by atoms with Gasteiger partial charge in [0.15, 0.2) is 0 Å². The van der Waals surface area contributed by atoms with E-state index in [0.29, 0.717) is 24.4 Å². The van der Waals surface area contributed by atoms with Gasteiger partial charge < -0.3 is 15.0 Å². The van der Waals surface area contributed by atoms with E-state index in [1.54, 1.807) is 0 Å². The zero-order valence-electron chi connectivity index (χ0n) is 16.8. The standard InChI is InChI=1S/C23H32N2O3/c1-28-23(27)20-13-16-12-19(20)21(14-16)24-15-22(26)25(17-8-4-2-5-9-17)18-10-6-3-7-11-18/h2,4-5,8-9,16,18-21,24H,3,6-7,10-15H2,1H3. The van der Waals surface area contributed by atoms with E-state index in [4.69, 9.17) is 4.74 Å². The molecule has 5 heteroatoms. The Morgan fingerprint density at radius 2 is 1.82 bits per heavy atom. The highest BCUT2D eigenvalue weighted by atomic mass is 16.5. The molecule has 2 bridgehead atoms. The molecule has 0 spiro atoms. The molecule has 1 aromatic carbocycles. The van der Waals surface area contributed by atoms with Crippen LogP contribution < -0.4 is 10.2 Å². The van der Waals surface area contributed by atoms with Gasteiger partial charge in [0.25, 0.3) is 0 Å². The molecule has 1 amide bonds. The molecule has 0 heterocycles. The summed E-state index contributed by atoms with van der Waals surface area (Å²) in [5.74, 6) is 0.962. The van der Waals surface area contributed by atoms with E-state index >= 15 is 0 Å². The number of nitrogens with one attached hydrogen (secondary N) is 1. The number of hydrogen-bond acceptors (Lipinski definition) is 4. The summed E-state index contributed by atoms with van der Waals surface area (Å²) in [6.07, 6.45) is 8.92. The number of carbonyl (C=O) groups is 2. The quantitative estimate of drug-likeness (QED) is 0.763. The minimum absolute atomic E-state index is 0.0000714. The van der Waals surface area contributed by atoms with Crippen molar-refractivity contribution < 1.29 is 14.3 Å². The first-order chi connectivity index (χ1) is 13.7. The van der Waals surface area contributed by atoms with E-state index in [1.807, 2.05) is 35.2 Å². The minimum atomic E-state index is -0.0848. The molecule has 4 unspecified atom stereocenters. The van der Waals surface area contributed by atoms with Crippen LogP contribution >= 0.6 is 0 Å². The lowest BCUT2D eigenvalue weighted by atomic mass is 9.85. The third-order valence-electron chi connectivity index (χ3n) is 7.08. The van der Waals surface area contributed by atoms with Gasteiger partial charge in [-0.2, -0.15) is 0 Å². The maximum absolute atomic E-state index is 13.2. The van der Waals surface area contributed by atoms with Crippen LogP contribution in [0.2, 0.25) is 0 Å². The van der Waals surface area contributed by atoms with Gasteiger partial charge in [0, 0.05) is 17.8 Å². The molecule has 3 aliphatic carbocycles. The van der Waals surface area contributed by atoms with Crippen LogP contribution in [0.3, 0.4) is 0 Å². The first-order valence-electron chi connectivity index (χ1n) is 10.9. The maximum Gasteiger partial charge on any atom is 0.309 e. The summed E-state index contributed by atoms with van der Waals surface area (Å²) >= 11 is 0. The molecule has 1 aromatic rings. The third kappa shape index (κ3) is 3.95. The number of benzene rings is 1. The number of nitrogens with zero attached hydrogens (tertiary/aromatic N) is 1. The number of amides is 1. The monoisotopic (exact) mass is 384 g/mol. The van der Waals surface area contributed by atoms with Crippen molar-refractivity contribution in [3.63, 3.8) is 0 Å². The Balaban J connectivity index is 1.41. The number of rotatable bonds is 6. The molecule has 3 fully saturated rings. The molecule has 0 aromatic heterocycles. The highest BCUT2D eigenvalue weighted by molar-refractivity contribution is 5.95. The predicted octanol–water partition coefficient (Wildman–Crippen LogP) is 3.53. The number of methoxy groups -OCH3 is 1. The largest absolute Gasteiger partial charge is 0.469 e. The van der Waals surface area contributed by atoms with E-state index in [1.165, 1.54) is 26.4 Å². The molecule has 1 N–H and O–H groups in total. The second-order valence-electron chi connectivity index (χ2n) is 8.75. The summed E-state index contributed by atoms with van der Waals surface area (Å²) < 4.78 is 4.99. The van der Waals surface area contributed by atoms with Crippen LogP contribution in [0.15, 0.2) is 30.3 Å². The number of anilines is 1. The van der Waals surface area contributed by atoms with Gasteiger partial charge in [-0.05, 0) is 56.1 Å². The van der Waals surface area contributed by atoms with Crippen LogP contribution in [-0.2, 0) is 14.3 Å². The van der Waals surface area contributed by atoms with Gasteiger partial charge in [-0.1, -0.05) is 37.5 Å². The van der Waals surface area contributed by atoms with E-state index in [2.05, 4.69) is 5.32 Å². The summed E-state index contributed by atoms with van der Waals surface area (Å²) in [5.41, 5.74) is 1.00. The summed E-state index contributed by atoms with van der Waals surface area (Å²) in [6, 6.07) is 10.6. The average Bonchev–Trinajstić information content (AvgIpc) is 3.34. The fourth-order valence-electron chi connectivity index (χ4n) is 5.80. The Kier molecular flexibility index (Phi) is 6.00. The second-order valence-corrected chi connectivity index (χ2v) is 8.75. The molecule has 4 rings (SSSR count). The molecular weight excluding hydrogens is 352 g/mol. The number of esters is 1. The molecule has 4 atom stereocenters. The molecule has 152 valence electrons. The van der Waals surface area contributed by atoms with Crippen molar-refractivity contribution >= 4 is 17.6 Å². The van der Waals surface area contributed by atoms with Crippen LogP contribution in [0, 0.1) is 17.8 Å². The lowest BCUT2D eigenvalue weighted by molar-refractivity contribution is -0.147. The van der Waals surface area contributed by atoms with Gasteiger partial charge in [0.2, 0.25) is 5.91 Å². The van der Waals surface area contributed by atoms with Gasteiger partial charge >= 0.3 is 5.97 Å². The summed E-state index contributed by atoms with van der Waals surface area (Å²) in [6.45, 7) is 0.340. The van der Waals surface area contributed by atoms with E-state index < -0.39 is 0 Å². The first kappa shape index (κ1) is 19.4. The molecule has 0 aliphatic heterocycles.